The molecular formula is C10H10Br2O. The average Bonchev–Trinajstić information content (AvgIpc) is 2.16. The summed E-state index contributed by atoms with van der Waals surface area (Å²) in [6.07, 6.45) is 4.06. The molecule has 0 aliphatic rings. The van der Waals surface area contributed by atoms with Crippen molar-refractivity contribution in [1.29, 1.82) is 0 Å². The second kappa shape index (κ2) is 5.45. The van der Waals surface area contributed by atoms with Crippen LogP contribution in [0.2, 0.25) is 0 Å². The van der Waals surface area contributed by atoms with Gasteiger partial charge >= 0.3 is 0 Å². The standard InChI is InChI=1S/C10H10Br2O/c1-13-10-7-9(12)5-4-8(10)3-2-6-11/h2-5,7H,6H2,1H3. The fourth-order valence-corrected chi connectivity index (χ4v) is 1.52. The van der Waals surface area contributed by atoms with E-state index in [1.54, 1.807) is 7.11 Å². The van der Waals surface area contributed by atoms with E-state index in [0.29, 0.717) is 0 Å². The molecule has 1 rings (SSSR count). The van der Waals surface area contributed by atoms with Crippen molar-refractivity contribution in [1.82, 2.24) is 0 Å². The molecule has 0 aromatic heterocycles. The molecule has 1 aromatic carbocycles. The number of methoxy groups -OCH3 is 1. The largest absolute Gasteiger partial charge is 0.496 e. The van der Waals surface area contributed by atoms with Crippen LogP contribution >= 0.6 is 31.9 Å². The molecule has 0 radical (unpaired) electrons. The SMILES string of the molecule is COc1cc(Br)ccc1C=CCBr. The van der Waals surface area contributed by atoms with E-state index >= 15 is 0 Å². The zero-order valence-electron chi connectivity index (χ0n) is 7.26. The second-order valence-electron chi connectivity index (χ2n) is 2.44. The molecular weight excluding hydrogens is 296 g/mol. The van der Waals surface area contributed by atoms with Gasteiger partial charge in [-0.15, -0.1) is 0 Å². The van der Waals surface area contributed by atoms with Crippen molar-refractivity contribution >= 4 is 37.9 Å². The van der Waals surface area contributed by atoms with Gasteiger partial charge in [-0.25, -0.2) is 0 Å². The molecule has 13 heavy (non-hydrogen) atoms. The van der Waals surface area contributed by atoms with E-state index in [0.717, 1.165) is 21.1 Å². The summed E-state index contributed by atoms with van der Waals surface area (Å²) < 4.78 is 6.25. The predicted molar refractivity (Wildman–Crippen MR) is 63.5 cm³/mol. The minimum Gasteiger partial charge on any atom is -0.496 e. The normalized spacial score (nSPS) is 10.7. The Morgan fingerprint density at radius 1 is 1.46 bits per heavy atom. The van der Waals surface area contributed by atoms with Gasteiger partial charge in [-0.05, 0) is 12.1 Å². The highest BCUT2D eigenvalue weighted by molar-refractivity contribution is 9.10. The Bertz CT molecular complexity index is 308. The maximum Gasteiger partial charge on any atom is 0.127 e. The maximum absolute atomic E-state index is 5.23. The molecule has 0 aliphatic carbocycles. The lowest BCUT2D eigenvalue weighted by molar-refractivity contribution is 0.413. The lowest BCUT2D eigenvalue weighted by Gasteiger charge is -2.04. The van der Waals surface area contributed by atoms with Crippen LogP contribution in [0.5, 0.6) is 5.75 Å². The zero-order chi connectivity index (χ0) is 9.68. The molecule has 1 aromatic rings. The van der Waals surface area contributed by atoms with E-state index < -0.39 is 0 Å². The molecule has 0 saturated heterocycles. The molecule has 1 nitrogen and oxygen atoms in total. The van der Waals surface area contributed by atoms with Crippen LogP contribution in [-0.2, 0) is 0 Å². The molecule has 0 saturated carbocycles. The van der Waals surface area contributed by atoms with Crippen LogP contribution in [0, 0.1) is 0 Å². The van der Waals surface area contributed by atoms with E-state index in [9.17, 15) is 0 Å². The number of alkyl halides is 1. The van der Waals surface area contributed by atoms with Gasteiger partial charge in [-0.2, -0.15) is 0 Å². The summed E-state index contributed by atoms with van der Waals surface area (Å²) in [7, 11) is 1.67. The lowest BCUT2D eigenvalue weighted by Crippen LogP contribution is -1.86. The van der Waals surface area contributed by atoms with Crippen LogP contribution in [0.15, 0.2) is 28.7 Å². The number of benzene rings is 1. The molecule has 0 unspecified atom stereocenters. The summed E-state index contributed by atoms with van der Waals surface area (Å²) in [5.41, 5.74) is 1.09. The van der Waals surface area contributed by atoms with Crippen LogP contribution in [0.25, 0.3) is 6.08 Å². The topological polar surface area (TPSA) is 9.23 Å². The first kappa shape index (κ1) is 10.8. The highest BCUT2D eigenvalue weighted by Gasteiger charge is 1.98. The van der Waals surface area contributed by atoms with Gasteiger partial charge < -0.3 is 4.74 Å². The first-order chi connectivity index (χ1) is 6.27. The predicted octanol–water partition coefficient (Wildman–Crippen LogP) is 3.87. The molecule has 0 N–H and O–H groups in total. The fourth-order valence-electron chi connectivity index (χ4n) is 0.994. The smallest absolute Gasteiger partial charge is 0.127 e. The summed E-state index contributed by atoms with van der Waals surface area (Å²) in [5.74, 6) is 0.881. The summed E-state index contributed by atoms with van der Waals surface area (Å²) in [4.78, 5) is 0. The van der Waals surface area contributed by atoms with E-state index in [1.807, 2.05) is 30.4 Å². The highest BCUT2D eigenvalue weighted by Crippen LogP contribution is 2.24. The summed E-state index contributed by atoms with van der Waals surface area (Å²) in [6, 6.07) is 5.96. The molecule has 70 valence electrons. The van der Waals surface area contributed by atoms with E-state index in [2.05, 4.69) is 31.9 Å². The Morgan fingerprint density at radius 3 is 2.85 bits per heavy atom. The van der Waals surface area contributed by atoms with E-state index in [-0.39, 0.29) is 0 Å². The van der Waals surface area contributed by atoms with Crippen molar-refractivity contribution < 1.29 is 4.74 Å². The van der Waals surface area contributed by atoms with Crippen LogP contribution in [-0.4, -0.2) is 12.4 Å². The number of allylic oxidation sites excluding steroid dienone is 1. The molecule has 3 heteroatoms. The van der Waals surface area contributed by atoms with Gasteiger partial charge in [0.2, 0.25) is 0 Å². The van der Waals surface area contributed by atoms with Crippen molar-refractivity contribution in [3.8, 4) is 5.75 Å². The minimum absolute atomic E-state index is 0.853. The van der Waals surface area contributed by atoms with Crippen LogP contribution in [0.1, 0.15) is 5.56 Å². The summed E-state index contributed by atoms with van der Waals surface area (Å²) in [6.45, 7) is 0. The van der Waals surface area contributed by atoms with Crippen LogP contribution in [0.4, 0.5) is 0 Å². The highest BCUT2D eigenvalue weighted by atomic mass is 79.9. The zero-order valence-corrected chi connectivity index (χ0v) is 10.4. The fraction of sp³-hybridized carbons (Fsp3) is 0.200. The van der Waals surface area contributed by atoms with Gasteiger partial charge in [-0.3, -0.25) is 0 Å². The maximum atomic E-state index is 5.23. The monoisotopic (exact) mass is 304 g/mol. The summed E-state index contributed by atoms with van der Waals surface area (Å²) >= 11 is 6.72. The minimum atomic E-state index is 0.853. The third kappa shape index (κ3) is 3.16. The van der Waals surface area contributed by atoms with Crippen LogP contribution < -0.4 is 4.74 Å². The number of hydrogen-bond acceptors (Lipinski definition) is 1. The van der Waals surface area contributed by atoms with Crippen LogP contribution in [0.3, 0.4) is 0 Å². The Kier molecular flexibility index (Phi) is 4.53. The second-order valence-corrected chi connectivity index (χ2v) is 4.01. The molecule has 0 fully saturated rings. The van der Waals surface area contributed by atoms with Gasteiger partial charge in [-0.1, -0.05) is 50.1 Å². The van der Waals surface area contributed by atoms with Crippen molar-refractivity contribution in [2.24, 2.45) is 0 Å². The van der Waals surface area contributed by atoms with Gasteiger partial charge in [0.05, 0.1) is 7.11 Å². The third-order valence-corrected chi connectivity index (χ3v) is 2.45. The molecule has 0 spiro atoms. The lowest BCUT2D eigenvalue weighted by atomic mass is 10.2. The first-order valence-electron chi connectivity index (χ1n) is 3.84. The van der Waals surface area contributed by atoms with E-state index in [1.165, 1.54) is 0 Å². The Labute approximate surface area is 95.1 Å². The summed E-state index contributed by atoms with van der Waals surface area (Å²) in [5, 5.41) is 0.853. The number of ether oxygens (including phenoxy) is 1. The molecule has 0 aliphatic heterocycles. The van der Waals surface area contributed by atoms with Crippen molar-refractivity contribution in [3.63, 3.8) is 0 Å². The van der Waals surface area contributed by atoms with Gasteiger partial charge in [0.15, 0.2) is 0 Å². The number of halogens is 2. The molecule has 0 bridgehead atoms. The number of rotatable bonds is 3. The average molecular weight is 306 g/mol. The van der Waals surface area contributed by atoms with Gasteiger partial charge in [0.1, 0.15) is 5.75 Å². The quantitative estimate of drug-likeness (QED) is 0.770. The van der Waals surface area contributed by atoms with Crippen molar-refractivity contribution in [2.45, 2.75) is 0 Å². The van der Waals surface area contributed by atoms with Gasteiger partial charge in [0.25, 0.3) is 0 Å². The van der Waals surface area contributed by atoms with Crippen molar-refractivity contribution in [2.75, 3.05) is 12.4 Å². The number of hydrogen-bond donors (Lipinski definition) is 0. The molecule has 0 atom stereocenters. The van der Waals surface area contributed by atoms with E-state index in [4.69, 9.17) is 4.74 Å². The Hall–Kier alpha value is -0.280. The van der Waals surface area contributed by atoms with Gasteiger partial charge in [0, 0.05) is 15.4 Å². The Balaban J connectivity index is 2.99. The third-order valence-electron chi connectivity index (χ3n) is 1.58. The Morgan fingerprint density at radius 2 is 2.23 bits per heavy atom. The van der Waals surface area contributed by atoms with Crippen molar-refractivity contribution in [3.05, 3.63) is 34.3 Å². The molecule has 0 heterocycles. The first-order valence-corrected chi connectivity index (χ1v) is 5.75. The molecule has 0 amide bonds.